The van der Waals surface area contributed by atoms with Gasteiger partial charge in [0.05, 0.1) is 29.7 Å². The van der Waals surface area contributed by atoms with Crippen LogP contribution in [0.25, 0.3) is 0 Å². The first kappa shape index (κ1) is 60.3. The number of nitrogens with one attached hydrogen (secondary N) is 3. The Morgan fingerprint density at radius 1 is 0.612 bits per heavy atom. The van der Waals surface area contributed by atoms with Gasteiger partial charge in [0.25, 0.3) is 0 Å². The number of carbonyl (C=O) groups is 3. The number of hydrogen-bond acceptors (Lipinski definition) is 7. The first-order chi connectivity index (χ1) is 40.8. The van der Waals surface area contributed by atoms with Crippen molar-refractivity contribution in [3.05, 3.63) is 202 Å². The Hall–Kier alpha value is -7.79. The molecular weight excluding hydrogens is 1050 g/mol. The molecule has 2 amide bonds. The fourth-order valence-electron chi connectivity index (χ4n) is 14.2. The lowest BCUT2D eigenvalue weighted by atomic mass is 9.81. The number of fused-ring (bicyclic) bond motifs is 4. The number of carbonyl (C=O) groups excluding carboxylic acids is 2. The van der Waals surface area contributed by atoms with Gasteiger partial charge < -0.3 is 30.9 Å². The second-order valence-electron chi connectivity index (χ2n) is 26.3. The third-order valence-electron chi connectivity index (χ3n) is 19.1. The van der Waals surface area contributed by atoms with E-state index in [9.17, 15) is 19.5 Å². The lowest BCUT2D eigenvalue weighted by Gasteiger charge is -2.29. The Labute approximate surface area is 505 Å². The number of carboxylic acid groups (broad SMARTS) is 1. The molecule has 0 radical (unpaired) electrons. The summed E-state index contributed by atoms with van der Waals surface area (Å²) in [5.41, 5.74) is 17.2. The highest BCUT2D eigenvalue weighted by atomic mass is 16.4. The summed E-state index contributed by atoms with van der Waals surface area (Å²) < 4.78 is 2.30. The van der Waals surface area contributed by atoms with Crippen molar-refractivity contribution in [2.24, 2.45) is 4.99 Å². The highest BCUT2D eigenvalue weighted by Crippen LogP contribution is 2.49. The number of aliphatic imine (C=N–C) groups is 1. The number of nitrogens with zero attached hydrogens (tertiary/aromatic N) is 4. The molecule has 4 heterocycles. The van der Waals surface area contributed by atoms with Crippen LogP contribution in [0.2, 0.25) is 0 Å². The molecule has 0 saturated heterocycles. The van der Waals surface area contributed by atoms with Crippen LogP contribution >= 0.6 is 0 Å². The van der Waals surface area contributed by atoms with E-state index >= 15 is 0 Å². The average molecular weight is 1140 g/mol. The monoisotopic (exact) mass is 1140 g/mol. The molecule has 10 rings (SSSR count). The van der Waals surface area contributed by atoms with Crippen molar-refractivity contribution in [3.63, 3.8) is 0 Å². The molecule has 0 bridgehead atoms. The molecule has 2 aliphatic carbocycles. The number of aliphatic carboxylic acids is 1. The molecule has 85 heavy (non-hydrogen) atoms. The molecule has 11 heteroatoms. The number of unbranched alkanes of at least 4 members (excludes halogenated alkanes) is 2. The van der Waals surface area contributed by atoms with Crippen molar-refractivity contribution in [1.82, 2.24) is 16.0 Å². The van der Waals surface area contributed by atoms with Crippen LogP contribution in [-0.4, -0.2) is 77.7 Å². The van der Waals surface area contributed by atoms with E-state index in [1.54, 1.807) is 0 Å². The summed E-state index contributed by atoms with van der Waals surface area (Å²) in [6, 6.07) is 34.2. The normalized spacial score (nSPS) is 22.2. The maximum Gasteiger partial charge on any atom is 0.305 e. The zero-order chi connectivity index (χ0) is 60.1. The third kappa shape index (κ3) is 12.8. The molecule has 4 aromatic carbocycles. The Morgan fingerprint density at radius 2 is 1.24 bits per heavy atom. The number of anilines is 2. The number of likely N-dealkylation sites (N-methyl/N-ethyl adjacent to an activating group) is 1. The van der Waals surface area contributed by atoms with E-state index in [2.05, 4.69) is 220 Å². The summed E-state index contributed by atoms with van der Waals surface area (Å²) >= 11 is 0. The number of rotatable bonds is 21. The van der Waals surface area contributed by atoms with Crippen LogP contribution < -0.4 is 25.8 Å². The number of hydrogen-bond donors (Lipinski definition) is 4. The van der Waals surface area contributed by atoms with Gasteiger partial charge in [-0.25, -0.2) is 0 Å². The van der Waals surface area contributed by atoms with E-state index in [1.807, 2.05) is 24.3 Å². The summed E-state index contributed by atoms with van der Waals surface area (Å²) in [4.78, 5) is 48.2. The largest absolute Gasteiger partial charge is 0.481 e. The average Bonchev–Trinajstić information content (AvgIpc) is 2.24. The summed E-state index contributed by atoms with van der Waals surface area (Å²) in [5, 5.41) is 20.1. The van der Waals surface area contributed by atoms with Gasteiger partial charge >= 0.3 is 5.97 Å². The molecule has 6 aliphatic rings. The molecule has 444 valence electrons. The Balaban J connectivity index is 0.699. The predicted octanol–water partition coefficient (Wildman–Crippen LogP) is 14.7. The van der Waals surface area contributed by atoms with Gasteiger partial charge in [0.15, 0.2) is 12.3 Å². The molecule has 4 N–H and O–H groups in total. The first-order valence-electron chi connectivity index (χ1n) is 31.3. The van der Waals surface area contributed by atoms with Crippen molar-refractivity contribution in [3.8, 4) is 0 Å². The second kappa shape index (κ2) is 25.4. The van der Waals surface area contributed by atoms with Crippen molar-refractivity contribution < 1.29 is 24.1 Å². The van der Waals surface area contributed by atoms with Crippen molar-refractivity contribution in [2.45, 2.75) is 173 Å². The highest BCUT2D eigenvalue weighted by molar-refractivity contribution is 6.08. The van der Waals surface area contributed by atoms with Crippen molar-refractivity contribution >= 4 is 52.0 Å². The number of amides is 2. The van der Waals surface area contributed by atoms with E-state index in [0.717, 1.165) is 105 Å². The molecule has 0 aromatic heterocycles. The van der Waals surface area contributed by atoms with Crippen LogP contribution in [0, 0.1) is 0 Å². The summed E-state index contributed by atoms with van der Waals surface area (Å²) in [5.74, 6) is -0.648. The third-order valence-corrected chi connectivity index (χ3v) is 19.1. The molecule has 4 aliphatic heterocycles. The predicted molar refractivity (Wildman–Crippen MR) is 349 cm³/mol. The number of para-hydroxylation sites is 4. The number of carboxylic acids is 1. The van der Waals surface area contributed by atoms with Gasteiger partial charge in [-0.05, 0) is 136 Å². The van der Waals surface area contributed by atoms with Gasteiger partial charge in [0, 0.05) is 101 Å². The Morgan fingerprint density at radius 3 is 1.93 bits per heavy atom. The van der Waals surface area contributed by atoms with Gasteiger partial charge in [-0.3, -0.25) is 19.4 Å². The lowest BCUT2D eigenvalue weighted by molar-refractivity contribution is -0.436. The van der Waals surface area contributed by atoms with Crippen LogP contribution in [0.15, 0.2) is 185 Å². The van der Waals surface area contributed by atoms with E-state index in [1.165, 1.54) is 50.5 Å². The van der Waals surface area contributed by atoms with E-state index in [0.29, 0.717) is 25.9 Å². The van der Waals surface area contributed by atoms with Crippen LogP contribution in [0.1, 0.15) is 161 Å². The van der Waals surface area contributed by atoms with Crippen LogP contribution in [0.3, 0.4) is 0 Å². The standard InChI is InChI=1S/C74H89N7O4/c1-71(2)55-27-15-19-31-59(55)78-63(71)44-38-51-25-24-26-52(39-45-64-72(3,4)56-28-16-20-32-60(56)79(64)9)70(51)75-48-23-11-14-37-67(82)76-53-40-42-54(43-41-53)77-68(83)46-49-80-61-33-21-17-29-57(61)73(5,6)65(80)35-12-10-13-36-66-74(7,8)58-30-18-22-34-62(58)81(66)50-47-69(84)85/h10,12-13,15-22,27-36,38-39,44-45,53-54H,11,14,23-26,37,40-43,46-50H2,1-9H3,(H3-,75,76,77,78,82,83,84,85)/p+1/b52-39+,64-45+/t53-,54-. The maximum absolute atomic E-state index is 13.7. The summed E-state index contributed by atoms with van der Waals surface area (Å²) in [7, 11) is 2.18. The zero-order valence-electron chi connectivity index (χ0n) is 51.9. The minimum atomic E-state index is -0.814. The fraction of sp³-hybridized carbons (Fsp3) is 0.419. The number of benzene rings is 4. The van der Waals surface area contributed by atoms with E-state index < -0.39 is 5.97 Å². The maximum atomic E-state index is 13.7. The zero-order valence-corrected chi connectivity index (χ0v) is 51.9. The van der Waals surface area contributed by atoms with Crippen molar-refractivity contribution in [2.75, 3.05) is 36.5 Å². The Bertz CT molecular complexity index is 3500. The van der Waals surface area contributed by atoms with E-state index in [4.69, 9.17) is 4.99 Å². The molecule has 0 atom stereocenters. The van der Waals surface area contributed by atoms with Crippen LogP contribution in [0.4, 0.5) is 22.7 Å². The molecule has 11 nitrogen and oxygen atoms in total. The SMILES string of the molecule is CN1/C(=C/C=C2\CCCC(/C=C/C3=Nc4ccccc4C3(C)C)=C2NCCCCCC(=O)N[C@H]2CC[C@H](NC(=O)CC[N+]3=C(/C=C/C=C/C=C4/N(CCC(=O)O)c5ccccc5C4(C)C)C(C)(C)c4ccccc43)CC2)C(C)(C)c2ccccc21. The highest BCUT2D eigenvalue weighted by Gasteiger charge is 2.45. The molecule has 1 fully saturated rings. The molecule has 0 spiro atoms. The molecule has 0 unspecified atom stereocenters. The molecule has 4 aromatic rings. The minimum absolute atomic E-state index is 0.0466. The van der Waals surface area contributed by atoms with Gasteiger partial charge in [0.1, 0.15) is 0 Å². The quantitative estimate of drug-likeness (QED) is 0.0371. The fourth-order valence-corrected chi connectivity index (χ4v) is 14.2. The van der Waals surface area contributed by atoms with Gasteiger partial charge in [0.2, 0.25) is 17.5 Å². The Kier molecular flexibility index (Phi) is 18.0. The van der Waals surface area contributed by atoms with Crippen molar-refractivity contribution in [1.29, 1.82) is 0 Å². The molecule has 1 saturated carbocycles. The topological polar surface area (TPSA) is 129 Å². The first-order valence-corrected chi connectivity index (χ1v) is 31.3. The summed E-state index contributed by atoms with van der Waals surface area (Å²) in [6.07, 6.45) is 29.8. The van der Waals surface area contributed by atoms with Crippen LogP contribution in [-0.2, 0) is 36.0 Å². The second-order valence-corrected chi connectivity index (χ2v) is 26.3. The van der Waals surface area contributed by atoms with E-state index in [-0.39, 0.29) is 52.0 Å². The van der Waals surface area contributed by atoms with Crippen LogP contribution in [0.5, 0.6) is 0 Å². The smallest absolute Gasteiger partial charge is 0.305 e. The lowest BCUT2D eigenvalue weighted by Crippen LogP contribution is -2.44. The minimum Gasteiger partial charge on any atom is -0.481 e. The van der Waals surface area contributed by atoms with Gasteiger partial charge in [-0.2, -0.15) is 4.58 Å². The number of allylic oxidation sites excluding steroid dienone is 13. The molecular formula is C74H90N7O4+. The summed E-state index contributed by atoms with van der Waals surface area (Å²) in [6.45, 7) is 19.8. The van der Waals surface area contributed by atoms with Gasteiger partial charge in [-0.15, -0.1) is 0 Å². The van der Waals surface area contributed by atoms with Gasteiger partial charge in [-0.1, -0.05) is 151 Å².